The second-order valence-corrected chi connectivity index (χ2v) is 3.59. The van der Waals surface area contributed by atoms with Gasteiger partial charge in [0.1, 0.15) is 12.4 Å². The predicted molar refractivity (Wildman–Crippen MR) is 73.9 cm³/mol. The number of hydrogen-bond acceptors (Lipinski definition) is 4. The fourth-order valence-corrected chi connectivity index (χ4v) is 1.41. The van der Waals surface area contributed by atoms with E-state index in [2.05, 4.69) is 11.3 Å². The summed E-state index contributed by atoms with van der Waals surface area (Å²) < 4.78 is 4.33. The molecule has 0 aliphatic carbocycles. The molecule has 2 aromatic carbocycles. The monoisotopic (exact) mass is 260 g/mol. The summed E-state index contributed by atoms with van der Waals surface area (Å²) in [5, 5.41) is 19.5. The minimum Gasteiger partial charge on any atom is -0.507 e. The van der Waals surface area contributed by atoms with Crippen LogP contribution in [0.2, 0.25) is 0 Å². The lowest BCUT2D eigenvalue weighted by atomic mass is 10.1. The van der Waals surface area contributed by atoms with Gasteiger partial charge in [-0.25, -0.2) is 4.79 Å². The number of phenols is 1. The number of hydrogen-bond donors (Lipinski definition) is 2. The quantitative estimate of drug-likeness (QED) is 0.656. The Morgan fingerprint density at radius 2 is 1.89 bits per heavy atom. The highest BCUT2D eigenvalue weighted by Gasteiger charge is 1.94. The Morgan fingerprint density at radius 1 is 1.21 bits per heavy atom. The zero-order valence-corrected chi connectivity index (χ0v) is 10.5. The Kier molecular flexibility index (Phi) is 6.12. The number of benzene rings is 2. The number of aliphatic hydroxyl groups excluding tert-OH is 1. The second kappa shape index (κ2) is 7.89. The van der Waals surface area contributed by atoms with Gasteiger partial charge < -0.3 is 14.9 Å². The summed E-state index contributed by atoms with van der Waals surface area (Å²) in [5.74, 6) is -0.151. The zero-order valence-electron chi connectivity index (χ0n) is 10.5. The van der Waals surface area contributed by atoms with Crippen molar-refractivity contribution in [1.82, 2.24) is 0 Å². The molecule has 0 amide bonds. The van der Waals surface area contributed by atoms with Gasteiger partial charge in [0.2, 0.25) is 0 Å². The molecule has 0 radical (unpaired) electrons. The van der Waals surface area contributed by atoms with Gasteiger partial charge in [0, 0.05) is 11.5 Å². The van der Waals surface area contributed by atoms with Crippen LogP contribution in [0.3, 0.4) is 0 Å². The number of ether oxygens (including phenoxy) is 1. The minimum atomic E-state index is -0.501. The summed E-state index contributed by atoms with van der Waals surface area (Å²) in [4.78, 5) is 10.1. The Morgan fingerprint density at radius 3 is 2.53 bits per heavy atom. The van der Waals surface area contributed by atoms with Gasteiger partial charge in [-0.15, -0.1) is 0 Å². The summed E-state index contributed by atoms with van der Waals surface area (Å²) in [7, 11) is 0. The molecule has 0 heterocycles. The molecule has 19 heavy (non-hydrogen) atoms. The molecular formula is C15H16O4. The third-order valence-corrected chi connectivity index (χ3v) is 2.27. The van der Waals surface area contributed by atoms with E-state index in [1.54, 1.807) is 6.07 Å². The van der Waals surface area contributed by atoms with Crippen molar-refractivity contribution in [2.45, 2.75) is 0 Å². The van der Waals surface area contributed by atoms with Crippen LogP contribution in [0.15, 0.2) is 55.1 Å². The van der Waals surface area contributed by atoms with E-state index < -0.39 is 5.97 Å². The SMILES string of the molecule is C=CC(=O)OCCO.Oc1cccc2ccccc12. The first kappa shape index (κ1) is 14.7. The molecule has 0 aliphatic rings. The Hall–Kier alpha value is -2.33. The summed E-state index contributed by atoms with van der Waals surface area (Å²) in [6.45, 7) is 3.06. The molecule has 0 unspecified atom stereocenters. The Balaban J connectivity index is 0.000000203. The molecule has 0 saturated heterocycles. The Labute approximate surface area is 111 Å². The topological polar surface area (TPSA) is 66.8 Å². The maximum Gasteiger partial charge on any atom is 0.330 e. The molecule has 0 aliphatic heterocycles. The normalized spacial score (nSPS) is 9.32. The summed E-state index contributed by atoms with van der Waals surface area (Å²) in [6.07, 6.45) is 1.05. The summed E-state index contributed by atoms with van der Waals surface area (Å²) in [5.41, 5.74) is 0. The first-order valence-electron chi connectivity index (χ1n) is 5.76. The van der Waals surface area contributed by atoms with E-state index in [1.807, 2.05) is 36.4 Å². The van der Waals surface area contributed by atoms with Crippen molar-refractivity contribution >= 4 is 16.7 Å². The van der Waals surface area contributed by atoms with Crippen LogP contribution in [0, 0.1) is 0 Å². The highest BCUT2D eigenvalue weighted by Crippen LogP contribution is 2.22. The van der Waals surface area contributed by atoms with E-state index in [-0.39, 0.29) is 13.2 Å². The number of aromatic hydroxyl groups is 1. The number of fused-ring (bicyclic) bond motifs is 1. The van der Waals surface area contributed by atoms with Crippen LogP contribution in [-0.2, 0) is 9.53 Å². The van der Waals surface area contributed by atoms with E-state index in [1.165, 1.54) is 0 Å². The van der Waals surface area contributed by atoms with Gasteiger partial charge in [0.15, 0.2) is 0 Å². The standard InChI is InChI=1S/C10H8O.C5H8O3/c11-10-7-3-5-8-4-1-2-6-9(8)10;1-2-5(7)8-4-3-6/h1-7,11H;2,6H,1,3-4H2. The average Bonchev–Trinajstić information content (AvgIpc) is 2.46. The molecule has 2 rings (SSSR count). The lowest BCUT2D eigenvalue weighted by Crippen LogP contribution is -2.04. The van der Waals surface area contributed by atoms with Crippen molar-refractivity contribution in [1.29, 1.82) is 0 Å². The molecule has 2 N–H and O–H groups in total. The molecule has 0 spiro atoms. The molecule has 100 valence electrons. The van der Waals surface area contributed by atoms with Crippen molar-refractivity contribution in [2.75, 3.05) is 13.2 Å². The summed E-state index contributed by atoms with van der Waals surface area (Å²) >= 11 is 0. The van der Waals surface area contributed by atoms with Crippen LogP contribution < -0.4 is 0 Å². The zero-order chi connectivity index (χ0) is 14.1. The van der Waals surface area contributed by atoms with Crippen molar-refractivity contribution < 1.29 is 19.7 Å². The second-order valence-electron chi connectivity index (χ2n) is 3.59. The molecule has 0 saturated carbocycles. The third-order valence-electron chi connectivity index (χ3n) is 2.27. The van der Waals surface area contributed by atoms with Crippen molar-refractivity contribution in [3.05, 3.63) is 55.1 Å². The third kappa shape index (κ3) is 4.81. The molecule has 4 nitrogen and oxygen atoms in total. The fourth-order valence-electron chi connectivity index (χ4n) is 1.41. The number of phenolic OH excluding ortho intramolecular Hbond substituents is 1. The molecular weight excluding hydrogens is 244 g/mol. The van der Waals surface area contributed by atoms with Crippen LogP contribution in [0.1, 0.15) is 0 Å². The number of carbonyl (C=O) groups is 1. The van der Waals surface area contributed by atoms with Gasteiger partial charge in [-0.05, 0) is 11.5 Å². The number of carbonyl (C=O) groups excluding carboxylic acids is 1. The van der Waals surface area contributed by atoms with E-state index in [0.717, 1.165) is 16.8 Å². The summed E-state index contributed by atoms with van der Waals surface area (Å²) in [6, 6.07) is 13.3. The highest BCUT2D eigenvalue weighted by molar-refractivity contribution is 5.87. The van der Waals surface area contributed by atoms with Crippen LogP contribution in [0.4, 0.5) is 0 Å². The lowest BCUT2D eigenvalue weighted by molar-refractivity contribution is -0.138. The number of esters is 1. The van der Waals surface area contributed by atoms with Gasteiger partial charge >= 0.3 is 5.97 Å². The van der Waals surface area contributed by atoms with Crippen LogP contribution in [0.5, 0.6) is 5.75 Å². The average molecular weight is 260 g/mol. The van der Waals surface area contributed by atoms with Crippen molar-refractivity contribution in [3.63, 3.8) is 0 Å². The van der Waals surface area contributed by atoms with Crippen LogP contribution in [0.25, 0.3) is 10.8 Å². The smallest absolute Gasteiger partial charge is 0.330 e. The number of aliphatic hydroxyl groups is 1. The van der Waals surface area contributed by atoms with Crippen molar-refractivity contribution in [2.24, 2.45) is 0 Å². The minimum absolute atomic E-state index is 0.0465. The van der Waals surface area contributed by atoms with E-state index >= 15 is 0 Å². The van der Waals surface area contributed by atoms with Gasteiger partial charge in [-0.1, -0.05) is 43.0 Å². The molecule has 2 aromatic rings. The van der Waals surface area contributed by atoms with Gasteiger partial charge in [-0.3, -0.25) is 0 Å². The van der Waals surface area contributed by atoms with Gasteiger partial charge in [0.05, 0.1) is 6.61 Å². The molecule has 0 bridgehead atoms. The lowest BCUT2D eigenvalue weighted by Gasteiger charge is -1.97. The highest BCUT2D eigenvalue weighted by atomic mass is 16.5. The van der Waals surface area contributed by atoms with Crippen LogP contribution >= 0.6 is 0 Å². The first-order chi connectivity index (χ1) is 9.19. The molecule has 0 atom stereocenters. The fraction of sp³-hybridized carbons (Fsp3) is 0.133. The van der Waals surface area contributed by atoms with Gasteiger partial charge in [-0.2, -0.15) is 0 Å². The maximum atomic E-state index is 10.1. The maximum absolute atomic E-state index is 10.1. The van der Waals surface area contributed by atoms with Gasteiger partial charge in [0.25, 0.3) is 0 Å². The number of rotatable bonds is 3. The Bertz CT molecular complexity index is 543. The van der Waals surface area contributed by atoms with E-state index in [9.17, 15) is 9.90 Å². The first-order valence-corrected chi connectivity index (χ1v) is 5.76. The van der Waals surface area contributed by atoms with Crippen molar-refractivity contribution in [3.8, 4) is 5.75 Å². The van der Waals surface area contributed by atoms with E-state index in [0.29, 0.717) is 5.75 Å². The predicted octanol–water partition coefficient (Wildman–Crippen LogP) is 2.25. The molecule has 0 aromatic heterocycles. The van der Waals surface area contributed by atoms with Crippen LogP contribution in [-0.4, -0.2) is 29.4 Å². The van der Waals surface area contributed by atoms with E-state index in [4.69, 9.17) is 5.11 Å². The largest absolute Gasteiger partial charge is 0.507 e. The molecule has 4 heteroatoms. The molecule has 0 fully saturated rings.